The molecule has 4 nitrogen and oxygen atoms in total. The Morgan fingerprint density at radius 1 is 1.31 bits per heavy atom. The Hall–Kier alpha value is -1.84. The number of amides is 1. The predicted molar refractivity (Wildman–Crippen MR) is 59.6 cm³/mol. The van der Waals surface area contributed by atoms with Crippen LogP contribution in [0.1, 0.15) is 13.3 Å². The van der Waals surface area contributed by atoms with E-state index in [1.165, 1.54) is 4.90 Å². The van der Waals surface area contributed by atoms with Crippen LogP contribution in [0.3, 0.4) is 0 Å². The molecule has 1 saturated heterocycles. The maximum absolute atomic E-state index is 11.6. The minimum Gasteiger partial charge on any atom is -0.492 e. The lowest BCUT2D eigenvalue weighted by molar-refractivity contribution is -0.121. The second-order valence-electron chi connectivity index (χ2n) is 3.60. The highest BCUT2D eigenvalue weighted by molar-refractivity contribution is 6.15. The summed E-state index contributed by atoms with van der Waals surface area (Å²) in [5.74, 6) is 0.446. The molecule has 16 heavy (non-hydrogen) atoms. The monoisotopic (exact) mass is 219 g/mol. The van der Waals surface area contributed by atoms with Gasteiger partial charge in [-0.1, -0.05) is 12.1 Å². The molecule has 2 rings (SSSR count). The predicted octanol–water partition coefficient (Wildman–Crippen LogP) is 1.39. The van der Waals surface area contributed by atoms with E-state index in [1.54, 1.807) is 12.1 Å². The first-order chi connectivity index (χ1) is 7.72. The van der Waals surface area contributed by atoms with Crippen LogP contribution in [-0.2, 0) is 9.59 Å². The average molecular weight is 219 g/mol. The fourth-order valence-electron chi connectivity index (χ4n) is 1.76. The summed E-state index contributed by atoms with van der Waals surface area (Å²) in [7, 11) is 0. The van der Waals surface area contributed by atoms with Crippen molar-refractivity contribution in [2.75, 3.05) is 18.1 Å². The number of carbonyl (C=O) groups excluding carboxylic acids is 2. The summed E-state index contributed by atoms with van der Waals surface area (Å²) in [6.45, 7) is 2.57. The van der Waals surface area contributed by atoms with Crippen molar-refractivity contribution in [3.05, 3.63) is 24.3 Å². The molecule has 0 saturated carbocycles. The number of benzene rings is 1. The molecule has 0 bridgehead atoms. The first kappa shape index (κ1) is 10.7. The van der Waals surface area contributed by atoms with E-state index in [4.69, 9.17) is 4.74 Å². The Labute approximate surface area is 93.8 Å². The highest BCUT2D eigenvalue weighted by Gasteiger charge is 2.30. The third-order valence-electron chi connectivity index (χ3n) is 2.44. The minimum atomic E-state index is -0.155. The van der Waals surface area contributed by atoms with E-state index in [0.29, 0.717) is 18.0 Å². The van der Waals surface area contributed by atoms with E-state index in [9.17, 15) is 9.59 Å². The number of para-hydroxylation sites is 2. The first-order valence-corrected chi connectivity index (χ1v) is 5.26. The molecule has 0 spiro atoms. The van der Waals surface area contributed by atoms with Crippen LogP contribution in [0, 0.1) is 0 Å². The number of carbonyl (C=O) groups is 2. The number of rotatable bonds is 3. The number of Topliss-reactive ketones (excluding diaryl/α,β-unsaturated/α-hetero) is 1. The highest BCUT2D eigenvalue weighted by Crippen LogP contribution is 2.30. The van der Waals surface area contributed by atoms with Crippen molar-refractivity contribution in [1.82, 2.24) is 0 Å². The molecule has 4 heteroatoms. The van der Waals surface area contributed by atoms with Gasteiger partial charge in [0.1, 0.15) is 5.75 Å². The van der Waals surface area contributed by atoms with Gasteiger partial charge in [0.05, 0.1) is 25.3 Å². The molecule has 1 fully saturated rings. The zero-order valence-corrected chi connectivity index (χ0v) is 9.10. The van der Waals surface area contributed by atoms with Gasteiger partial charge in [0.2, 0.25) is 5.91 Å². The molecule has 0 aromatic heterocycles. The summed E-state index contributed by atoms with van der Waals surface area (Å²) in [6, 6.07) is 7.27. The van der Waals surface area contributed by atoms with E-state index in [2.05, 4.69) is 0 Å². The van der Waals surface area contributed by atoms with Crippen LogP contribution in [0.25, 0.3) is 0 Å². The van der Waals surface area contributed by atoms with Crippen molar-refractivity contribution < 1.29 is 14.3 Å². The third-order valence-corrected chi connectivity index (χ3v) is 2.44. The molecule has 0 radical (unpaired) electrons. The molecule has 0 aliphatic carbocycles. The van der Waals surface area contributed by atoms with E-state index in [0.717, 1.165) is 0 Å². The molecular formula is C12H13NO3. The topological polar surface area (TPSA) is 46.6 Å². The van der Waals surface area contributed by atoms with Gasteiger partial charge in [0, 0.05) is 0 Å². The van der Waals surface area contributed by atoms with Gasteiger partial charge in [-0.25, -0.2) is 0 Å². The van der Waals surface area contributed by atoms with Gasteiger partial charge in [-0.2, -0.15) is 0 Å². The van der Waals surface area contributed by atoms with Gasteiger partial charge in [-0.15, -0.1) is 0 Å². The molecule has 1 heterocycles. The summed E-state index contributed by atoms with van der Waals surface area (Å²) >= 11 is 0. The number of ketones is 1. The van der Waals surface area contributed by atoms with Gasteiger partial charge in [-0.3, -0.25) is 9.59 Å². The lowest BCUT2D eigenvalue weighted by Gasteiger charge is -2.18. The zero-order valence-electron chi connectivity index (χ0n) is 9.10. The first-order valence-electron chi connectivity index (χ1n) is 5.26. The maximum Gasteiger partial charge on any atom is 0.235 e. The molecule has 0 atom stereocenters. The van der Waals surface area contributed by atoms with E-state index < -0.39 is 0 Å². The number of hydrogen-bond donors (Lipinski definition) is 0. The van der Waals surface area contributed by atoms with Crippen LogP contribution < -0.4 is 9.64 Å². The van der Waals surface area contributed by atoms with Gasteiger partial charge >= 0.3 is 0 Å². The summed E-state index contributed by atoms with van der Waals surface area (Å²) in [6.07, 6.45) is 0.000456. The Kier molecular flexibility index (Phi) is 2.90. The van der Waals surface area contributed by atoms with Crippen molar-refractivity contribution in [3.63, 3.8) is 0 Å². The van der Waals surface area contributed by atoms with E-state index >= 15 is 0 Å². The summed E-state index contributed by atoms with van der Waals surface area (Å²) in [4.78, 5) is 24.3. The average Bonchev–Trinajstić information content (AvgIpc) is 2.59. The van der Waals surface area contributed by atoms with Crippen LogP contribution in [0.15, 0.2) is 24.3 Å². The highest BCUT2D eigenvalue weighted by atomic mass is 16.5. The quantitative estimate of drug-likeness (QED) is 0.722. The van der Waals surface area contributed by atoms with Crippen LogP contribution in [0.2, 0.25) is 0 Å². The van der Waals surface area contributed by atoms with Gasteiger partial charge in [-0.05, 0) is 19.1 Å². The van der Waals surface area contributed by atoms with Crippen LogP contribution in [0.5, 0.6) is 5.75 Å². The Morgan fingerprint density at radius 2 is 2.06 bits per heavy atom. The van der Waals surface area contributed by atoms with Gasteiger partial charge in [0.15, 0.2) is 5.78 Å². The Morgan fingerprint density at radius 3 is 2.69 bits per heavy atom. The van der Waals surface area contributed by atoms with E-state index in [1.807, 2.05) is 19.1 Å². The molecule has 84 valence electrons. The Bertz CT molecular complexity index is 428. The number of ether oxygens (including phenoxy) is 1. The Balaban J connectivity index is 2.32. The molecule has 1 aromatic carbocycles. The van der Waals surface area contributed by atoms with Gasteiger partial charge in [0.25, 0.3) is 0 Å². The smallest absolute Gasteiger partial charge is 0.235 e. The SMILES string of the molecule is CCOc1ccccc1N1CC(=O)CC1=O. The van der Waals surface area contributed by atoms with Crippen molar-refractivity contribution in [3.8, 4) is 5.75 Å². The standard InChI is InChI=1S/C12H13NO3/c1-2-16-11-6-4-3-5-10(11)13-8-9(14)7-12(13)15/h3-6H,2,7-8H2,1H3. The van der Waals surface area contributed by atoms with Crippen LogP contribution >= 0.6 is 0 Å². The van der Waals surface area contributed by atoms with E-state index in [-0.39, 0.29) is 24.7 Å². The lowest BCUT2D eigenvalue weighted by Crippen LogP contribution is -2.25. The second kappa shape index (κ2) is 4.35. The number of hydrogen-bond acceptors (Lipinski definition) is 3. The van der Waals surface area contributed by atoms with Crippen molar-refractivity contribution >= 4 is 17.4 Å². The maximum atomic E-state index is 11.6. The molecule has 1 aliphatic heterocycles. The summed E-state index contributed by atoms with van der Waals surface area (Å²) in [5, 5.41) is 0. The zero-order chi connectivity index (χ0) is 11.5. The van der Waals surface area contributed by atoms with Gasteiger partial charge < -0.3 is 9.64 Å². The normalized spacial score (nSPS) is 15.7. The largest absolute Gasteiger partial charge is 0.492 e. The molecule has 1 aliphatic rings. The number of nitrogens with zero attached hydrogens (tertiary/aromatic N) is 1. The molecule has 1 amide bonds. The minimum absolute atomic E-state index is 0.000456. The fourth-order valence-corrected chi connectivity index (χ4v) is 1.76. The summed E-state index contributed by atoms with van der Waals surface area (Å²) in [5.41, 5.74) is 0.681. The van der Waals surface area contributed by atoms with Crippen LogP contribution in [0.4, 0.5) is 5.69 Å². The fraction of sp³-hybridized carbons (Fsp3) is 0.333. The van der Waals surface area contributed by atoms with Crippen molar-refractivity contribution in [2.24, 2.45) is 0 Å². The van der Waals surface area contributed by atoms with Crippen molar-refractivity contribution in [2.45, 2.75) is 13.3 Å². The molecule has 0 unspecified atom stereocenters. The summed E-state index contributed by atoms with van der Waals surface area (Å²) < 4.78 is 5.43. The molecule has 1 aromatic rings. The lowest BCUT2D eigenvalue weighted by atomic mass is 10.2. The molecular weight excluding hydrogens is 206 g/mol. The molecule has 0 N–H and O–H groups in total. The second-order valence-corrected chi connectivity index (χ2v) is 3.60. The van der Waals surface area contributed by atoms with Crippen LogP contribution in [-0.4, -0.2) is 24.8 Å². The van der Waals surface area contributed by atoms with Crippen molar-refractivity contribution in [1.29, 1.82) is 0 Å². The third kappa shape index (κ3) is 1.91. The number of anilines is 1.